The van der Waals surface area contributed by atoms with Crippen molar-refractivity contribution in [1.29, 1.82) is 0 Å². The summed E-state index contributed by atoms with van der Waals surface area (Å²) < 4.78 is 20.1. The zero-order chi connectivity index (χ0) is 40.6. The summed E-state index contributed by atoms with van der Waals surface area (Å²) in [4.78, 5) is 37.6. The van der Waals surface area contributed by atoms with Crippen LogP contribution in [-0.2, 0) is 12.8 Å². The second-order valence-corrected chi connectivity index (χ2v) is 11.9. The van der Waals surface area contributed by atoms with Gasteiger partial charge in [-0.25, -0.2) is 19.9 Å². The number of nitro groups is 2. The van der Waals surface area contributed by atoms with Crippen LogP contribution < -0.4 is 24.4 Å². The maximum atomic E-state index is 11.2. The first-order chi connectivity index (χ1) is 26.9. The lowest BCUT2D eigenvalue weighted by Gasteiger charge is -2.07. The van der Waals surface area contributed by atoms with Crippen LogP contribution in [0, 0.1) is 20.2 Å². The Morgan fingerprint density at radius 3 is 1.64 bits per heavy atom. The van der Waals surface area contributed by atoms with Gasteiger partial charge in [0.25, 0.3) is 0 Å². The van der Waals surface area contributed by atoms with E-state index >= 15 is 0 Å². The maximum absolute atomic E-state index is 11.2. The minimum Gasteiger partial charge on any atom is -0.497 e. The first-order valence-electron chi connectivity index (χ1n) is 16.5. The molecule has 0 radical (unpaired) electrons. The molecule has 0 bridgehead atoms. The van der Waals surface area contributed by atoms with Gasteiger partial charge in [0.2, 0.25) is 0 Å². The second kappa shape index (κ2) is 20.7. The van der Waals surface area contributed by atoms with Gasteiger partial charge in [0, 0.05) is 41.9 Å². The number of halogens is 1. The molecule has 2 heterocycles. The molecule has 0 aliphatic rings. The normalized spacial score (nSPS) is 10.1. The SMILES string of the molecule is COc1ccc(Cc2cc(Cl)ncn2)cc1[N+](=O)[O-].COc1cccc(-c2cc(Cc3ccc(OC)c([N+](=O)[O-])c3)ncn2)c1.COc1cccc(B(O)O)c1. The molecular formula is C38H36BClN6O10. The summed E-state index contributed by atoms with van der Waals surface area (Å²) in [5.41, 5.74) is 4.95. The molecule has 2 N–H and O–H groups in total. The average Bonchev–Trinajstić information content (AvgIpc) is 3.21. The highest BCUT2D eigenvalue weighted by atomic mass is 35.5. The minimum absolute atomic E-state index is 0.0629. The smallest absolute Gasteiger partial charge is 0.488 e. The summed E-state index contributed by atoms with van der Waals surface area (Å²) in [7, 11) is 4.52. The van der Waals surface area contributed by atoms with Gasteiger partial charge in [-0.05, 0) is 65.1 Å². The van der Waals surface area contributed by atoms with E-state index in [0.29, 0.717) is 34.9 Å². The second-order valence-electron chi connectivity index (χ2n) is 11.5. The quantitative estimate of drug-likeness (QED) is 0.0662. The summed E-state index contributed by atoms with van der Waals surface area (Å²) in [6.45, 7) is 0. The van der Waals surface area contributed by atoms with Crippen molar-refractivity contribution in [3.8, 4) is 34.3 Å². The van der Waals surface area contributed by atoms with Crippen molar-refractivity contribution in [3.63, 3.8) is 0 Å². The van der Waals surface area contributed by atoms with E-state index in [1.807, 2.05) is 30.3 Å². The summed E-state index contributed by atoms with van der Waals surface area (Å²) in [5, 5.41) is 39.9. The zero-order valence-electron chi connectivity index (χ0n) is 30.6. The van der Waals surface area contributed by atoms with Gasteiger partial charge in [-0.3, -0.25) is 20.2 Å². The van der Waals surface area contributed by atoms with Crippen molar-refractivity contribution in [3.05, 3.63) is 158 Å². The van der Waals surface area contributed by atoms with Gasteiger partial charge in [0.1, 0.15) is 29.3 Å². The maximum Gasteiger partial charge on any atom is 0.488 e. The minimum atomic E-state index is -1.43. The molecule has 56 heavy (non-hydrogen) atoms. The summed E-state index contributed by atoms with van der Waals surface area (Å²) in [6, 6.07) is 27.4. The molecule has 4 aromatic carbocycles. The van der Waals surface area contributed by atoms with Crippen molar-refractivity contribution < 1.29 is 38.8 Å². The molecule has 0 saturated heterocycles. The lowest BCUT2D eigenvalue weighted by molar-refractivity contribution is -0.385. The molecular weight excluding hydrogens is 747 g/mol. The third kappa shape index (κ3) is 12.2. The molecule has 0 unspecified atom stereocenters. The molecule has 6 rings (SSSR count). The number of methoxy groups -OCH3 is 4. The van der Waals surface area contributed by atoms with Crippen LogP contribution in [0.3, 0.4) is 0 Å². The standard InChI is InChI=1S/C19H17N3O4.C12H10ClN3O3.C7H9BO3/c1-25-16-5-3-4-14(10-16)17-11-15(20-12-21-17)8-13-6-7-19(26-2)18(9-13)22(23)24;1-19-11-3-2-8(5-10(11)16(17)18)4-9-6-12(13)15-7-14-9;1-11-7-4-2-3-6(5-7)8(9)10/h3-7,9-12H,8H2,1-2H3;2-3,5-7H,4H2,1H3;2-5,9-10H,1H3. The van der Waals surface area contributed by atoms with Crippen LogP contribution in [0.5, 0.6) is 23.0 Å². The molecule has 0 aliphatic carbocycles. The summed E-state index contributed by atoms with van der Waals surface area (Å²) >= 11 is 5.76. The molecule has 0 amide bonds. The predicted octanol–water partition coefficient (Wildman–Crippen LogP) is 5.67. The van der Waals surface area contributed by atoms with E-state index in [2.05, 4.69) is 19.9 Å². The fraction of sp³-hybridized carbons (Fsp3) is 0.158. The van der Waals surface area contributed by atoms with Crippen molar-refractivity contribution in [1.82, 2.24) is 19.9 Å². The molecule has 0 atom stereocenters. The van der Waals surface area contributed by atoms with Crippen LogP contribution >= 0.6 is 11.6 Å². The fourth-order valence-electron chi connectivity index (χ4n) is 5.10. The lowest BCUT2D eigenvalue weighted by atomic mass is 9.80. The van der Waals surface area contributed by atoms with Gasteiger partial charge in [-0.1, -0.05) is 48.0 Å². The summed E-state index contributed by atoms with van der Waals surface area (Å²) in [6.07, 6.45) is 3.73. The molecule has 2 aromatic heterocycles. The monoisotopic (exact) mass is 782 g/mol. The number of ether oxygens (including phenoxy) is 4. The Bertz CT molecular complexity index is 2270. The average molecular weight is 783 g/mol. The van der Waals surface area contributed by atoms with Gasteiger partial charge in [-0.15, -0.1) is 0 Å². The molecule has 0 saturated carbocycles. The van der Waals surface area contributed by atoms with Gasteiger partial charge in [0.15, 0.2) is 11.5 Å². The van der Waals surface area contributed by atoms with E-state index in [1.54, 1.807) is 61.7 Å². The highest BCUT2D eigenvalue weighted by Gasteiger charge is 2.17. The zero-order valence-corrected chi connectivity index (χ0v) is 31.4. The molecule has 6 aromatic rings. The van der Waals surface area contributed by atoms with E-state index in [-0.39, 0.29) is 22.9 Å². The third-order valence-electron chi connectivity index (χ3n) is 7.82. The number of hydrogen-bond donors (Lipinski definition) is 2. The van der Waals surface area contributed by atoms with Gasteiger partial charge < -0.3 is 29.0 Å². The van der Waals surface area contributed by atoms with Crippen molar-refractivity contribution >= 4 is 35.6 Å². The van der Waals surface area contributed by atoms with Crippen molar-refractivity contribution in [2.45, 2.75) is 12.8 Å². The molecule has 0 spiro atoms. The number of aromatic nitrogens is 4. The van der Waals surface area contributed by atoms with E-state index in [4.69, 9.17) is 40.6 Å². The Labute approximate surface area is 326 Å². The number of nitro benzene ring substituents is 2. The highest BCUT2D eigenvalue weighted by Crippen LogP contribution is 2.30. The van der Waals surface area contributed by atoms with Crippen LogP contribution in [0.1, 0.15) is 22.5 Å². The van der Waals surface area contributed by atoms with Crippen LogP contribution in [0.25, 0.3) is 11.3 Å². The lowest BCUT2D eigenvalue weighted by Crippen LogP contribution is -2.29. The largest absolute Gasteiger partial charge is 0.497 e. The molecule has 16 nitrogen and oxygen atoms in total. The van der Waals surface area contributed by atoms with Crippen molar-refractivity contribution in [2.24, 2.45) is 0 Å². The van der Waals surface area contributed by atoms with E-state index in [9.17, 15) is 20.2 Å². The first-order valence-corrected chi connectivity index (χ1v) is 16.9. The van der Waals surface area contributed by atoms with Crippen molar-refractivity contribution in [2.75, 3.05) is 28.4 Å². The number of hydrogen-bond acceptors (Lipinski definition) is 14. The Morgan fingerprint density at radius 2 is 1.14 bits per heavy atom. The fourth-order valence-corrected chi connectivity index (χ4v) is 5.27. The number of nitrogens with zero attached hydrogens (tertiary/aromatic N) is 6. The van der Waals surface area contributed by atoms with Gasteiger partial charge >= 0.3 is 18.5 Å². The van der Waals surface area contributed by atoms with Crippen LogP contribution in [-0.4, -0.2) is 75.4 Å². The van der Waals surface area contributed by atoms with Crippen LogP contribution in [0.15, 0.2) is 110 Å². The van der Waals surface area contributed by atoms with E-state index in [0.717, 1.165) is 33.8 Å². The summed E-state index contributed by atoms with van der Waals surface area (Å²) in [5.74, 6) is 1.83. The Morgan fingerprint density at radius 1 is 0.625 bits per heavy atom. The molecule has 288 valence electrons. The van der Waals surface area contributed by atoms with Crippen LogP contribution in [0.2, 0.25) is 5.15 Å². The number of rotatable bonds is 12. The van der Waals surface area contributed by atoms with Gasteiger partial charge in [0.05, 0.1) is 44.0 Å². The van der Waals surface area contributed by atoms with Gasteiger partial charge in [-0.2, -0.15) is 0 Å². The Hall–Kier alpha value is -6.69. The highest BCUT2D eigenvalue weighted by molar-refractivity contribution is 6.58. The van der Waals surface area contributed by atoms with E-state index in [1.165, 1.54) is 46.1 Å². The molecule has 0 aliphatic heterocycles. The molecule has 18 heteroatoms. The number of benzene rings is 4. The van der Waals surface area contributed by atoms with Crippen LogP contribution in [0.4, 0.5) is 11.4 Å². The first kappa shape index (κ1) is 42.1. The Kier molecular flexibility index (Phi) is 15.5. The van der Waals surface area contributed by atoms with E-state index < -0.39 is 17.0 Å². The third-order valence-corrected chi connectivity index (χ3v) is 8.03. The Balaban J connectivity index is 0.000000203. The topological polar surface area (TPSA) is 215 Å². The predicted molar refractivity (Wildman–Crippen MR) is 209 cm³/mol. The molecule has 0 fully saturated rings.